The molecule has 1 aliphatic heterocycles. The summed E-state index contributed by atoms with van der Waals surface area (Å²) in [6.07, 6.45) is 22.7. The summed E-state index contributed by atoms with van der Waals surface area (Å²) in [5, 5.41) is 3.13. The second-order valence-electron chi connectivity index (χ2n) is 15.1. The van der Waals surface area contributed by atoms with E-state index in [0.717, 1.165) is 51.6 Å². The number of rotatable bonds is 25. The summed E-state index contributed by atoms with van der Waals surface area (Å²) in [5.41, 5.74) is -0.674. The molecule has 0 bridgehead atoms. The van der Waals surface area contributed by atoms with Gasteiger partial charge in [0.05, 0.1) is 0 Å². The maximum Gasteiger partial charge on any atom is 0.411 e. The third-order valence-electron chi connectivity index (χ3n) is 8.62. The summed E-state index contributed by atoms with van der Waals surface area (Å²) in [6.45, 7) is 11.1. The number of likely N-dealkylation sites (tertiary alicyclic amines) is 1. The summed E-state index contributed by atoms with van der Waals surface area (Å²) in [6, 6.07) is -0.911. The molecule has 1 rings (SSSR count). The van der Waals surface area contributed by atoms with Crippen LogP contribution in [0.5, 0.6) is 0 Å². The van der Waals surface area contributed by atoms with Crippen LogP contribution in [-0.2, 0) is 14.3 Å². The van der Waals surface area contributed by atoms with Gasteiger partial charge in [-0.15, -0.1) is 0 Å². The van der Waals surface area contributed by atoms with Gasteiger partial charge in [-0.1, -0.05) is 70.4 Å². The third kappa shape index (κ3) is 21.5. The van der Waals surface area contributed by atoms with Crippen LogP contribution in [0.1, 0.15) is 137 Å². The quantitative estimate of drug-likeness (QED) is 0.0819. The lowest BCUT2D eigenvalue weighted by Crippen LogP contribution is -2.50. The van der Waals surface area contributed by atoms with Gasteiger partial charge in [0, 0.05) is 32.1 Å². The second-order valence-corrected chi connectivity index (χ2v) is 15.1. The first-order chi connectivity index (χ1) is 22.3. The number of hydrogen-bond acceptors (Lipinski definition) is 6. The van der Waals surface area contributed by atoms with Crippen LogP contribution in [0.2, 0.25) is 0 Å². The van der Waals surface area contributed by atoms with Crippen molar-refractivity contribution in [3.63, 3.8) is 0 Å². The van der Waals surface area contributed by atoms with E-state index in [2.05, 4.69) is 34.2 Å². The molecule has 1 N–H and O–H groups in total. The van der Waals surface area contributed by atoms with Gasteiger partial charge >= 0.3 is 6.09 Å². The molecule has 47 heavy (non-hydrogen) atoms. The van der Waals surface area contributed by atoms with E-state index in [1.807, 2.05) is 53.9 Å². The lowest BCUT2D eigenvalue weighted by Gasteiger charge is -2.32. The van der Waals surface area contributed by atoms with Crippen molar-refractivity contribution in [2.45, 2.75) is 155 Å². The first-order valence-corrected chi connectivity index (χ1v) is 18.9. The maximum absolute atomic E-state index is 14.0. The first kappa shape index (κ1) is 42.9. The number of amides is 3. The largest absolute Gasteiger partial charge is 0.444 e. The van der Waals surface area contributed by atoms with E-state index >= 15 is 0 Å². The molecule has 0 radical (unpaired) electrons. The van der Waals surface area contributed by atoms with Gasteiger partial charge in [-0.25, -0.2) is 4.79 Å². The van der Waals surface area contributed by atoms with Gasteiger partial charge in [-0.3, -0.25) is 14.5 Å². The van der Waals surface area contributed by atoms with Crippen LogP contribution in [0.3, 0.4) is 0 Å². The van der Waals surface area contributed by atoms with Crippen molar-refractivity contribution in [3.8, 4) is 0 Å². The van der Waals surface area contributed by atoms with Crippen LogP contribution in [0.15, 0.2) is 12.2 Å². The number of allylic oxidation sites excluding steroid dienone is 2. The molecule has 0 spiro atoms. The van der Waals surface area contributed by atoms with Gasteiger partial charge in [0.1, 0.15) is 11.6 Å². The number of carbonyl (C=O) groups is 3. The monoisotopic (exact) mass is 664 g/mol. The van der Waals surface area contributed by atoms with Crippen molar-refractivity contribution < 1.29 is 19.1 Å². The van der Waals surface area contributed by atoms with Gasteiger partial charge in [-0.05, 0) is 113 Å². The fourth-order valence-corrected chi connectivity index (χ4v) is 6.05. The Balaban J connectivity index is 2.56. The highest BCUT2D eigenvalue weighted by molar-refractivity contribution is 5.87. The van der Waals surface area contributed by atoms with Crippen molar-refractivity contribution >= 4 is 17.9 Å². The van der Waals surface area contributed by atoms with E-state index in [-0.39, 0.29) is 24.4 Å². The molecular formula is C38H73N5O4. The van der Waals surface area contributed by atoms with Crippen LogP contribution in [0.4, 0.5) is 4.79 Å². The summed E-state index contributed by atoms with van der Waals surface area (Å²) < 4.78 is 5.71. The molecule has 0 aromatic carbocycles. The standard InChI is InChI=1S/C38H73N5O4/c1-9-10-11-12-13-14-15-16-17-18-19-20-21-22-23-26-35(44)39-33-31-34(43(32-33)37(46)47-38(2,3)4)36(45)42(29-24-27-40(5)6)30-25-28-41(7)8/h16-17,33-34H,9-15,18-32H2,1-8H3,(H,39,44)/t33-,34-/m0/s1. The minimum absolute atomic E-state index is 0.00122. The van der Waals surface area contributed by atoms with Crippen molar-refractivity contribution in [3.05, 3.63) is 12.2 Å². The summed E-state index contributed by atoms with van der Waals surface area (Å²) >= 11 is 0. The Kier molecular flexibility index (Phi) is 22.8. The van der Waals surface area contributed by atoms with Crippen molar-refractivity contribution in [1.82, 2.24) is 24.9 Å². The van der Waals surface area contributed by atoms with E-state index in [1.54, 1.807) is 4.90 Å². The molecule has 0 saturated carbocycles. The lowest BCUT2D eigenvalue weighted by molar-refractivity contribution is -0.136. The molecule has 0 aromatic rings. The normalized spacial score (nSPS) is 16.9. The fourth-order valence-electron chi connectivity index (χ4n) is 6.05. The van der Waals surface area contributed by atoms with Crippen molar-refractivity contribution in [2.75, 3.05) is 60.9 Å². The fraction of sp³-hybridized carbons (Fsp3) is 0.868. The molecule has 274 valence electrons. The van der Waals surface area contributed by atoms with Crippen molar-refractivity contribution in [2.24, 2.45) is 0 Å². The number of nitrogens with one attached hydrogen (secondary N) is 1. The van der Waals surface area contributed by atoms with Crippen LogP contribution in [-0.4, -0.2) is 116 Å². The third-order valence-corrected chi connectivity index (χ3v) is 8.62. The Morgan fingerprint density at radius 3 is 1.77 bits per heavy atom. The topological polar surface area (TPSA) is 85.4 Å². The minimum atomic E-state index is -0.674. The predicted octanol–water partition coefficient (Wildman–Crippen LogP) is 7.25. The van der Waals surface area contributed by atoms with Crippen LogP contribution in [0, 0.1) is 0 Å². The molecule has 1 saturated heterocycles. The zero-order valence-corrected chi connectivity index (χ0v) is 31.8. The summed E-state index contributed by atoms with van der Waals surface area (Å²) in [4.78, 5) is 47.8. The van der Waals surface area contributed by atoms with Crippen LogP contribution >= 0.6 is 0 Å². The lowest BCUT2D eigenvalue weighted by atomic mass is 10.1. The van der Waals surface area contributed by atoms with Crippen LogP contribution < -0.4 is 5.32 Å². The molecule has 2 atom stereocenters. The Morgan fingerprint density at radius 1 is 0.745 bits per heavy atom. The summed E-state index contributed by atoms with van der Waals surface area (Å²) in [7, 11) is 8.13. The molecule has 0 aliphatic carbocycles. The molecule has 0 aromatic heterocycles. The molecule has 9 heteroatoms. The highest BCUT2D eigenvalue weighted by Crippen LogP contribution is 2.24. The molecule has 3 amide bonds. The van der Waals surface area contributed by atoms with E-state index in [4.69, 9.17) is 4.74 Å². The number of carbonyl (C=O) groups excluding carboxylic acids is 3. The van der Waals surface area contributed by atoms with E-state index in [9.17, 15) is 14.4 Å². The molecule has 1 heterocycles. The maximum atomic E-state index is 14.0. The van der Waals surface area contributed by atoms with E-state index in [0.29, 0.717) is 25.9 Å². The number of ether oxygens (including phenoxy) is 1. The van der Waals surface area contributed by atoms with E-state index < -0.39 is 17.7 Å². The highest BCUT2D eigenvalue weighted by Gasteiger charge is 2.43. The minimum Gasteiger partial charge on any atom is -0.444 e. The summed E-state index contributed by atoms with van der Waals surface area (Å²) in [5.74, 6) is -0.0546. The zero-order chi connectivity index (χ0) is 35.1. The predicted molar refractivity (Wildman–Crippen MR) is 196 cm³/mol. The zero-order valence-electron chi connectivity index (χ0n) is 31.8. The van der Waals surface area contributed by atoms with Crippen molar-refractivity contribution in [1.29, 1.82) is 0 Å². The number of nitrogens with zero attached hydrogens (tertiary/aromatic N) is 4. The Morgan fingerprint density at radius 2 is 1.26 bits per heavy atom. The molecular weight excluding hydrogens is 590 g/mol. The Labute approximate surface area is 289 Å². The van der Waals surface area contributed by atoms with Gasteiger partial charge < -0.3 is 24.8 Å². The Hall–Kier alpha value is -2.13. The van der Waals surface area contributed by atoms with E-state index in [1.165, 1.54) is 57.8 Å². The van der Waals surface area contributed by atoms with Gasteiger partial charge in [0.15, 0.2) is 0 Å². The smallest absolute Gasteiger partial charge is 0.411 e. The van der Waals surface area contributed by atoms with Gasteiger partial charge in [0.25, 0.3) is 0 Å². The number of hydrogen-bond donors (Lipinski definition) is 1. The molecule has 1 fully saturated rings. The first-order valence-electron chi connectivity index (χ1n) is 18.9. The average Bonchev–Trinajstić information content (AvgIpc) is 3.40. The SMILES string of the molecule is CCCCCCCCC=CCCCCCCCC(=O)N[C@H]1C[C@@H](C(=O)N(CCCN(C)C)CCCN(C)C)N(C(=O)OC(C)(C)C)C1. The second kappa shape index (κ2) is 24.9. The molecule has 1 aliphatic rings. The molecule has 0 unspecified atom stereocenters. The van der Waals surface area contributed by atoms with Crippen LogP contribution in [0.25, 0.3) is 0 Å². The van der Waals surface area contributed by atoms with Gasteiger partial charge in [0.2, 0.25) is 11.8 Å². The average molecular weight is 664 g/mol. The molecule has 9 nitrogen and oxygen atoms in total. The number of unbranched alkanes of at least 4 members (excludes halogenated alkanes) is 11. The van der Waals surface area contributed by atoms with Gasteiger partial charge in [-0.2, -0.15) is 0 Å². The Bertz CT molecular complexity index is 872. The highest BCUT2D eigenvalue weighted by atomic mass is 16.6.